The molecule has 1 heterocycles. The van der Waals surface area contributed by atoms with Gasteiger partial charge in [-0.1, -0.05) is 32.1 Å². The first-order chi connectivity index (χ1) is 11.8. The summed E-state index contributed by atoms with van der Waals surface area (Å²) in [4.78, 5) is 9.35. The second-order valence-corrected chi connectivity index (χ2v) is 7.57. The Hall–Kier alpha value is -0.0800. The molecule has 5 nitrogen and oxygen atoms in total. The molecule has 25 heavy (non-hydrogen) atoms. The zero-order valence-electron chi connectivity index (χ0n) is 16.4. The molecular formula is C19H40IN5. The van der Waals surface area contributed by atoms with Crippen molar-refractivity contribution in [3.63, 3.8) is 0 Å². The average Bonchev–Trinajstić information content (AvgIpc) is 2.82. The lowest BCUT2D eigenvalue weighted by Gasteiger charge is -2.22. The lowest BCUT2D eigenvalue weighted by Crippen LogP contribution is -2.42. The third-order valence-corrected chi connectivity index (χ3v) is 5.56. The zero-order chi connectivity index (χ0) is 17.0. The van der Waals surface area contributed by atoms with Gasteiger partial charge in [-0.05, 0) is 45.3 Å². The van der Waals surface area contributed by atoms with Gasteiger partial charge in [0.15, 0.2) is 5.96 Å². The molecule has 2 fully saturated rings. The Balaban J connectivity index is 0.00000312. The molecule has 148 valence electrons. The maximum absolute atomic E-state index is 4.35. The van der Waals surface area contributed by atoms with E-state index in [2.05, 4.69) is 32.5 Å². The number of hydrogen-bond donors (Lipinski definition) is 2. The van der Waals surface area contributed by atoms with Crippen LogP contribution in [0.1, 0.15) is 51.4 Å². The van der Waals surface area contributed by atoms with Crippen LogP contribution in [0.15, 0.2) is 4.99 Å². The van der Waals surface area contributed by atoms with E-state index in [1.54, 1.807) is 0 Å². The summed E-state index contributed by atoms with van der Waals surface area (Å²) < 4.78 is 0. The average molecular weight is 465 g/mol. The number of nitrogens with zero attached hydrogens (tertiary/aromatic N) is 3. The highest BCUT2D eigenvalue weighted by molar-refractivity contribution is 14.0. The lowest BCUT2D eigenvalue weighted by molar-refractivity contribution is 0.280. The number of hydrogen-bond acceptors (Lipinski definition) is 3. The second-order valence-electron chi connectivity index (χ2n) is 7.57. The molecule has 0 aromatic carbocycles. The summed E-state index contributed by atoms with van der Waals surface area (Å²) >= 11 is 0. The molecule has 0 amide bonds. The van der Waals surface area contributed by atoms with Gasteiger partial charge in [-0.25, -0.2) is 0 Å². The molecule has 0 aromatic rings. The van der Waals surface area contributed by atoms with Crippen molar-refractivity contribution in [2.75, 3.05) is 59.9 Å². The van der Waals surface area contributed by atoms with E-state index in [1.165, 1.54) is 77.5 Å². The Labute approximate surface area is 172 Å². The SMILES string of the molecule is CN=C(NCCCC1CCCCC1)NCCN1CCCN(C)CC1.I. The van der Waals surface area contributed by atoms with Gasteiger partial charge in [0.2, 0.25) is 0 Å². The lowest BCUT2D eigenvalue weighted by atomic mass is 9.86. The molecule has 2 N–H and O–H groups in total. The summed E-state index contributed by atoms with van der Waals surface area (Å²) in [5, 5.41) is 6.95. The molecule has 1 aliphatic heterocycles. The monoisotopic (exact) mass is 465 g/mol. The smallest absolute Gasteiger partial charge is 0.191 e. The fourth-order valence-corrected chi connectivity index (χ4v) is 3.95. The number of halogens is 1. The predicted octanol–water partition coefficient (Wildman–Crippen LogP) is 2.77. The van der Waals surface area contributed by atoms with E-state index in [1.807, 2.05) is 7.05 Å². The minimum atomic E-state index is 0. The quantitative estimate of drug-likeness (QED) is 0.263. The molecule has 1 saturated heterocycles. The van der Waals surface area contributed by atoms with Gasteiger partial charge in [0.25, 0.3) is 0 Å². The van der Waals surface area contributed by atoms with Crippen LogP contribution in [0.25, 0.3) is 0 Å². The minimum Gasteiger partial charge on any atom is -0.356 e. The maximum Gasteiger partial charge on any atom is 0.191 e. The topological polar surface area (TPSA) is 42.9 Å². The maximum atomic E-state index is 4.35. The van der Waals surface area contributed by atoms with Gasteiger partial charge in [-0.3, -0.25) is 4.99 Å². The number of guanidine groups is 1. The Morgan fingerprint density at radius 3 is 2.48 bits per heavy atom. The summed E-state index contributed by atoms with van der Waals surface area (Å²) in [5.41, 5.74) is 0. The minimum absolute atomic E-state index is 0. The van der Waals surface area contributed by atoms with Crippen LogP contribution in [-0.2, 0) is 0 Å². The number of likely N-dealkylation sites (N-methyl/N-ethyl adjacent to an activating group) is 1. The van der Waals surface area contributed by atoms with Crippen molar-refractivity contribution in [1.29, 1.82) is 0 Å². The molecule has 0 unspecified atom stereocenters. The van der Waals surface area contributed by atoms with Crippen LogP contribution in [0, 0.1) is 5.92 Å². The van der Waals surface area contributed by atoms with Crippen LogP contribution in [0.2, 0.25) is 0 Å². The fraction of sp³-hybridized carbons (Fsp3) is 0.947. The molecule has 0 bridgehead atoms. The normalized spacial score (nSPS) is 21.4. The van der Waals surface area contributed by atoms with Gasteiger partial charge < -0.3 is 20.4 Å². The highest BCUT2D eigenvalue weighted by atomic mass is 127. The van der Waals surface area contributed by atoms with Crippen molar-refractivity contribution in [3.8, 4) is 0 Å². The Kier molecular flexibility index (Phi) is 12.9. The molecule has 0 aromatic heterocycles. The van der Waals surface area contributed by atoms with Gasteiger partial charge in [-0.2, -0.15) is 0 Å². The zero-order valence-corrected chi connectivity index (χ0v) is 18.8. The van der Waals surface area contributed by atoms with Gasteiger partial charge in [0, 0.05) is 39.8 Å². The Bertz CT molecular complexity index is 358. The van der Waals surface area contributed by atoms with E-state index >= 15 is 0 Å². The molecule has 2 rings (SSSR count). The van der Waals surface area contributed by atoms with Crippen molar-refractivity contribution in [2.45, 2.75) is 51.4 Å². The van der Waals surface area contributed by atoms with Crippen LogP contribution in [0.5, 0.6) is 0 Å². The van der Waals surface area contributed by atoms with E-state index in [0.29, 0.717) is 0 Å². The van der Waals surface area contributed by atoms with E-state index in [9.17, 15) is 0 Å². The summed E-state index contributed by atoms with van der Waals surface area (Å²) in [6.45, 7) is 7.96. The second kappa shape index (κ2) is 14.0. The highest BCUT2D eigenvalue weighted by Gasteiger charge is 2.13. The Morgan fingerprint density at radius 2 is 1.72 bits per heavy atom. The third kappa shape index (κ3) is 9.99. The van der Waals surface area contributed by atoms with Gasteiger partial charge in [-0.15, -0.1) is 24.0 Å². The fourth-order valence-electron chi connectivity index (χ4n) is 3.95. The van der Waals surface area contributed by atoms with Crippen LogP contribution in [0.4, 0.5) is 0 Å². The predicted molar refractivity (Wildman–Crippen MR) is 119 cm³/mol. The van der Waals surface area contributed by atoms with Crippen LogP contribution in [0.3, 0.4) is 0 Å². The first-order valence-electron chi connectivity index (χ1n) is 10.1. The Morgan fingerprint density at radius 1 is 0.960 bits per heavy atom. The summed E-state index contributed by atoms with van der Waals surface area (Å²) in [6.07, 6.45) is 11.2. The number of nitrogens with one attached hydrogen (secondary N) is 2. The molecule has 0 radical (unpaired) electrons. The summed E-state index contributed by atoms with van der Waals surface area (Å²) in [6, 6.07) is 0. The summed E-state index contributed by atoms with van der Waals surface area (Å²) in [5.74, 6) is 1.95. The molecular weight excluding hydrogens is 425 g/mol. The van der Waals surface area contributed by atoms with Crippen LogP contribution >= 0.6 is 24.0 Å². The first-order valence-corrected chi connectivity index (χ1v) is 10.1. The molecule has 6 heteroatoms. The molecule has 0 atom stereocenters. The van der Waals surface area contributed by atoms with Crippen molar-refractivity contribution in [2.24, 2.45) is 10.9 Å². The standard InChI is InChI=1S/C19H39N5.HI/c1-20-19(21-11-6-10-18-8-4-3-5-9-18)22-12-15-24-14-7-13-23(2)16-17-24;/h18H,3-17H2,1-2H3,(H2,20,21,22);1H. The molecule has 2 aliphatic rings. The van der Waals surface area contributed by atoms with Crippen molar-refractivity contribution in [3.05, 3.63) is 0 Å². The van der Waals surface area contributed by atoms with Gasteiger partial charge in [0.1, 0.15) is 0 Å². The third-order valence-electron chi connectivity index (χ3n) is 5.56. The number of rotatable bonds is 7. The van der Waals surface area contributed by atoms with Gasteiger partial charge >= 0.3 is 0 Å². The van der Waals surface area contributed by atoms with Crippen molar-refractivity contribution < 1.29 is 0 Å². The molecule has 0 spiro atoms. The van der Waals surface area contributed by atoms with E-state index < -0.39 is 0 Å². The summed E-state index contributed by atoms with van der Waals surface area (Å²) in [7, 11) is 4.10. The number of aliphatic imine (C=N–C) groups is 1. The highest BCUT2D eigenvalue weighted by Crippen LogP contribution is 2.26. The van der Waals surface area contributed by atoms with Crippen molar-refractivity contribution >= 4 is 29.9 Å². The molecule has 1 saturated carbocycles. The first kappa shape index (κ1) is 23.0. The molecule has 1 aliphatic carbocycles. The van der Waals surface area contributed by atoms with E-state index in [-0.39, 0.29) is 24.0 Å². The van der Waals surface area contributed by atoms with Crippen LogP contribution in [-0.4, -0.2) is 75.7 Å². The van der Waals surface area contributed by atoms with Crippen molar-refractivity contribution in [1.82, 2.24) is 20.4 Å². The van der Waals surface area contributed by atoms with Gasteiger partial charge in [0.05, 0.1) is 0 Å². The van der Waals surface area contributed by atoms with E-state index in [0.717, 1.165) is 31.5 Å². The van der Waals surface area contributed by atoms with Crippen LogP contribution < -0.4 is 10.6 Å². The largest absolute Gasteiger partial charge is 0.356 e. The van der Waals surface area contributed by atoms with E-state index in [4.69, 9.17) is 0 Å².